The second-order valence-electron chi connectivity index (χ2n) is 10.4. The van der Waals surface area contributed by atoms with Gasteiger partial charge in [0, 0.05) is 35.6 Å². The smallest absolute Gasteiger partial charge is 0.303 e. The van der Waals surface area contributed by atoms with Crippen LogP contribution in [-0.2, 0) is 20.8 Å². The van der Waals surface area contributed by atoms with Gasteiger partial charge in [-0.2, -0.15) is 0 Å². The quantitative estimate of drug-likeness (QED) is 0.163. The minimum Gasteiger partial charge on any atom is -0.481 e. The van der Waals surface area contributed by atoms with Gasteiger partial charge in [0.15, 0.2) is 0 Å². The molecule has 9 heteroatoms. The van der Waals surface area contributed by atoms with E-state index in [2.05, 4.69) is 21.3 Å². The first-order valence-corrected chi connectivity index (χ1v) is 14.1. The van der Waals surface area contributed by atoms with E-state index >= 15 is 0 Å². The van der Waals surface area contributed by atoms with Gasteiger partial charge in [0.2, 0.25) is 11.8 Å². The van der Waals surface area contributed by atoms with Crippen molar-refractivity contribution in [2.75, 3.05) is 22.5 Å². The molecule has 4 aromatic carbocycles. The lowest BCUT2D eigenvalue weighted by atomic mass is 10.0. The Morgan fingerprint density at radius 3 is 2.16 bits per heavy atom. The molecule has 9 nitrogen and oxygen atoms in total. The minimum absolute atomic E-state index is 0.0868. The highest BCUT2D eigenvalue weighted by Gasteiger charge is 2.28. The maximum absolute atomic E-state index is 12.8. The fraction of sp³-hybridized carbons (Fsp3) is 0.176. The Hall–Kier alpha value is -5.44. The molecule has 2 unspecified atom stereocenters. The van der Waals surface area contributed by atoms with Crippen LogP contribution in [0.15, 0.2) is 103 Å². The lowest BCUT2D eigenvalue weighted by Crippen LogP contribution is -2.29. The van der Waals surface area contributed by atoms with Crippen LogP contribution in [0.4, 0.5) is 17.1 Å². The third-order valence-corrected chi connectivity index (χ3v) is 7.32. The molecule has 43 heavy (non-hydrogen) atoms. The first-order valence-electron chi connectivity index (χ1n) is 14.1. The number of hydrogen-bond donors (Lipinski definition) is 5. The summed E-state index contributed by atoms with van der Waals surface area (Å²) in [7, 11) is 0. The van der Waals surface area contributed by atoms with Crippen LogP contribution in [-0.4, -0.2) is 35.3 Å². The average molecular weight is 577 g/mol. The van der Waals surface area contributed by atoms with Gasteiger partial charge in [-0.25, -0.2) is 0 Å². The van der Waals surface area contributed by atoms with E-state index in [9.17, 15) is 24.3 Å². The zero-order chi connectivity index (χ0) is 30.2. The van der Waals surface area contributed by atoms with Crippen LogP contribution >= 0.6 is 0 Å². The monoisotopic (exact) mass is 576 g/mol. The third kappa shape index (κ3) is 7.65. The number of aliphatic carboxylic acids is 1. The van der Waals surface area contributed by atoms with Crippen molar-refractivity contribution in [3.05, 3.63) is 125 Å². The van der Waals surface area contributed by atoms with E-state index < -0.39 is 12.0 Å². The van der Waals surface area contributed by atoms with E-state index in [4.69, 9.17) is 0 Å². The number of benzene rings is 4. The summed E-state index contributed by atoms with van der Waals surface area (Å²) in [5, 5.41) is 21.2. The van der Waals surface area contributed by atoms with Gasteiger partial charge in [-0.1, -0.05) is 60.7 Å². The average Bonchev–Trinajstić information content (AvgIpc) is 3.45. The molecule has 0 spiro atoms. The summed E-state index contributed by atoms with van der Waals surface area (Å²) in [5.74, 6) is -1.80. The Morgan fingerprint density at radius 1 is 0.791 bits per heavy atom. The number of carboxylic acids is 1. The number of nitrogens with one attached hydrogen (secondary N) is 4. The summed E-state index contributed by atoms with van der Waals surface area (Å²) in [6, 6.07) is 30.2. The summed E-state index contributed by atoms with van der Waals surface area (Å²) in [4.78, 5) is 49.4. The molecular formula is C34H32N4O5. The van der Waals surface area contributed by atoms with Gasteiger partial charge in [-0.15, -0.1) is 0 Å². The molecule has 2 atom stereocenters. The van der Waals surface area contributed by atoms with Crippen LogP contribution in [0, 0.1) is 0 Å². The Kier molecular flexibility index (Phi) is 9.11. The minimum atomic E-state index is -0.949. The Bertz CT molecular complexity index is 1600. The number of rotatable bonds is 11. The van der Waals surface area contributed by atoms with Gasteiger partial charge in [0.25, 0.3) is 5.91 Å². The van der Waals surface area contributed by atoms with E-state index in [1.807, 2.05) is 42.5 Å². The number of para-hydroxylation sites is 1. The van der Waals surface area contributed by atoms with Crippen LogP contribution in [0.1, 0.15) is 51.8 Å². The zero-order valence-corrected chi connectivity index (χ0v) is 23.4. The maximum Gasteiger partial charge on any atom is 0.303 e. The fourth-order valence-electron chi connectivity index (χ4n) is 5.06. The number of hydrogen-bond acceptors (Lipinski definition) is 5. The van der Waals surface area contributed by atoms with Gasteiger partial charge in [0.05, 0.1) is 18.4 Å². The fourth-order valence-corrected chi connectivity index (χ4v) is 5.06. The van der Waals surface area contributed by atoms with E-state index in [1.165, 1.54) is 0 Å². The molecule has 0 bridgehead atoms. The molecule has 1 heterocycles. The lowest BCUT2D eigenvalue weighted by molar-refractivity contribution is -0.137. The first-order chi connectivity index (χ1) is 20.9. The van der Waals surface area contributed by atoms with Gasteiger partial charge < -0.3 is 26.4 Å². The highest BCUT2D eigenvalue weighted by Crippen LogP contribution is 2.32. The van der Waals surface area contributed by atoms with Crippen molar-refractivity contribution in [1.82, 2.24) is 5.32 Å². The molecule has 3 amide bonds. The summed E-state index contributed by atoms with van der Waals surface area (Å²) in [6.07, 6.45) is 0.262. The summed E-state index contributed by atoms with van der Waals surface area (Å²) in [6.45, 7) is 0.551. The van der Waals surface area contributed by atoms with Crippen molar-refractivity contribution in [3.63, 3.8) is 0 Å². The van der Waals surface area contributed by atoms with Gasteiger partial charge >= 0.3 is 5.97 Å². The van der Waals surface area contributed by atoms with Crippen molar-refractivity contribution >= 4 is 40.8 Å². The Balaban J connectivity index is 1.15. The van der Waals surface area contributed by atoms with Crippen molar-refractivity contribution in [2.45, 2.75) is 31.2 Å². The molecule has 0 aromatic heterocycles. The van der Waals surface area contributed by atoms with E-state index in [0.29, 0.717) is 23.5 Å². The first kappa shape index (κ1) is 29.1. The van der Waals surface area contributed by atoms with Crippen LogP contribution in [0.5, 0.6) is 0 Å². The number of fused-ring (bicyclic) bond motifs is 1. The molecule has 0 aliphatic carbocycles. The lowest BCUT2D eigenvalue weighted by Gasteiger charge is -2.19. The normalized spacial score (nSPS) is 14.1. The number of carboxylic acid groups (broad SMARTS) is 1. The van der Waals surface area contributed by atoms with Crippen molar-refractivity contribution in [1.29, 1.82) is 0 Å². The van der Waals surface area contributed by atoms with Gasteiger partial charge in [-0.3, -0.25) is 19.2 Å². The highest BCUT2D eigenvalue weighted by molar-refractivity contribution is 5.98. The number of carbonyl (C=O) groups excluding carboxylic acids is 3. The molecule has 5 rings (SSSR count). The molecule has 0 radical (unpaired) electrons. The van der Waals surface area contributed by atoms with Gasteiger partial charge in [0.1, 0.15) is 0 Å². The molecule has 1 aliphatic heterocycles. The van der Waals surface area contributed by atoms with Crippen molar-refractivity contribution in [2.24, 2.45) is 0 Å². The summed E-state index contributed by atoms with van der Waals surface area (Å²) < 4.78 is 0. The van der Waals surface area contributed by atoms with E-state index in [0.717, 1.165) is 22.4 Å². The summed E-state index contributed by atoms with van der Waals surface area (Å²) >= 11 is 0. The predicted molar refractivity (Wildman–Crippen MR) is 165 cm³/mol. The second kappa shape index (κ2) is 13.5. The van der Waals surface area contributed by atoms with Crippen LogP contribution < -0.4 is 21.3 Å². The Morgan fingerprint density at radius 2 is 1.44 bits per heavy atom. The SMILES string of the molecule is O=C(O)CCC(NC(=O)c1ccccc1)c1ccc(NC(=O)Cc2ccc(NC(=O)C3CNc4ccccc43)cc2)cc1. The standard InChI is InChI=1S/C34H32N4O5/c39-31(20-22-10-14-26(15-11-22)37-34(43)28-21-35-30-9-5-4-8-27(28)30)36-25-16-12-23(13-17-25)29(18-19-32(40)41)38-33(42)24-6-2-1-3-7-24/h1-17,28-29,35H,18-21H2,(H,36,39)(H,37,43)(H,38,42)(H,40,41). The number of anilines is 3. The molecule has 5 N–H and O–H groups in total. The van der Waals surface area contributed by atoms with E-state index in [-0.39, 0.29) is 42.9 Å². The molecule has 0 fully saturated rings. The molecule has 218 valence electrons. The third-order valence-electron chi connectivity index (χ3n) is 7.32. The molecule has 4 aromatic rings. The number of carbonyl (C=O) groups is 4. The zero-order valence-electron chi connectivity index (χ0n) is 23.4. The Labute approximate surface area is 249 Å². The topological polar surface area (TPSA) is 137 Å². The van der Waals surface area contributed by atoms with Crippen LogP contribution in [0.2, 0.25) is 0 Å². The summed E-state index contributed by atoms with van der Waals surface area (Å²) in [5.41, 5.74) is 5.20. The largest absolute Gasteiger partial charge is 0.481 e. The molecule has 1 aliphatic rings. The van der Waals surface area contributed by atoms with Gasteiger partial charge in [-0.05, 0) is 65.6 Å². The van der Waals surface area contributed by atoms with Crippen molar-refractivity contribution < 1.29 is 24.3 Å². The van der Waals surface area contributed by atoms with Crippen LogP contribution in [0.25, 0.3) is 0 Å². The predicted octanol–water partition coefficient (Wildman–Crippen LogP) is 5.35. The maximum atomic E-state index is 12.8. The molecular weight excluding hydrogens is 544 g/mol. The second-order valence-corrected chi connectivity index (χ2v) is 10.4. The molecule has 0 saturated carbocycles. The van der Waals surface area contributed by atoms with Crippen molar-refractivity contribution in [3.8, 4) is 0 Å². The molecule has 0 saturated heterocycles. The van der Waals surface area contributed by atoms with Crippen LogP contribution in [0.3, 0.4) is 0 Å². The van der Waals surface area contributed by atoms with E-state index in [1.54, 1.807) is 60.7 Å². The highest BCUT2D eigenvalue weighted by atomic mass is 16.4. The number of amides is 3.